The Labute approximate surface area is 92.6 Å². The lowest BCUT2D eigenvalue weighted by Gasteiger charge is -2.05. The number of hydrogen-bond acceptors (Lipinski definition) is 4. The maximum atomic E-state index is 5.68. The summed E-state index contributed by atoms with van der Waals surface area (Å²) in [7, 11) is 0. The van der Waals surface area contributed by atoms with Crippen molar-refractivity contribution in [2.45, 2.75) is 11.8 Å². The number of nitrogens with zero attached hydrogens (tertiary/aromatic N) is 1. The third-order valence-corrected chi connectivity index (χ3v) is 3.05. The second-order valence-electron chi connectivity index (χ2n) is 3.28. The molecule has 1 aromatic heterocycles. The maximum Gasteiger partial charge on any atom is 0.229 e. The van der Waals surface area contributed by atoms with E-state index in [4.69, 9.17) is 10.3 Å². The highest BCUT2D eigenvalue weighted by Crippen LogP contribution is 2.30. The van der Waals surface area contributed by atoms with Crippen LogP contribution in [0.3, 0.4) is 0 Å². The van der Waals surface area contributed by atoms with E-state index in [1.54, 1.807) is 18.0 Å². The van der Waals surface area contributed by atoms with Crippen molar-refractivity contribution >= 4 is 17.6 Å². The number of benzene rings is 1. The molecular weight excluding hydrogens is 208 g/mol. The quantitative estimate of drug-likeness (QED) is 0.790. The van der Waals surface area contributed by atoms with E-state index >= 15 is 0 Å². The number of aryl methyl sites for hydroxylation is 1. The molecule has 0 spiro atoms. The van der Waals surface area contributed by atoms with E-state index in [9.17, 15) is 0 Å². The van der Waals surface area contributed by atoms with Gasteiger partial charge in [-0.1, -0.05) is 11.2 Å². The third kappa shape index (κ3) is 1.85. The first kappa shape index (κ1) is 10.1. The van der Waals surface area contributed by atoms with Gasteiger partial charge < -0.3 is 10.3 Å². The molecule has 0 atom stereocenters. The van der Waals surface area contributed by atoms with Crippen molar-refractivity contribution in [1.29, 1.82) is 0 Å². The van der Waals surface area contributed by atoms with Gasteiger partial charge in [0.2, 0.25) is 5.88 Å². The number of rotatable bonds is 2. The van der Waals surface area contributed by atoms with Crippen molar-refractivity contribution in [2.75, 3.05) is 12.0 Å². The molecule has 2 rings (SSSR count). The molecule has 2 aromatic rings. The number of nitrogen functional groups attached to an aromatic ring is 1. The van der Waals surface area contributed by atoms with Gasteiger partial charge >= 0.3 is 0 Å². The molecule has 1 heterocycles. The molecule has 4 heteroatoms. The molecule has 15 heavy (non-hydrogen) atoms. The van der Waals surface area contributed by atoms with Gasteiger partial charge in [-0.25, -0.2) is 0 Å². The number of nitrogens with two attached hydrogens (primary N) is 1. The Bertz CT molecular complexity index is 479. The molecule has 0 aliphatic carbocycles. The molecule has 0 aliphatic heterocycles. The predicted molar refractivity (Wildman–Crippen MR) is 62.9 cm³/mol. The molecule has 0 bridgehead atoms. The Hall–Kier alpha value is -1.42. The van der Waals surface area contributed by atoms with Gasteiger partial charge in [-0.05, 0) is 36.4 Å². The summed E-state index contributed by atoms with van der Waals surface area (Å²) in [6.45, 7) is 2.06. The van der Waals surface area contributed by atoms with Crippen LogP contribution >= 0.6 is 11.8 Å². The molecule has 0 saturated carbocycles. The zero-order valence-electron chi connectivity index (χ0n) is 8.65. The van der Waals surface area contributed by atoms with Gasteiger partial charge in [-0.3, -0.25) is 0 Å². The van der Waals surface area contributed by atoms with Gasteiger partial charge in [-0.15, -0.1) is 11.8 Å². The van der Waals surface area contributed by atoms with E-state index in [1.165, 1.54) is 10.5 Å². The topological polar surface area (TPSA) is 52.0 Å². The van der Waals surface area contributed by atoms with Crippen LogP contribution in [0.5, 0.6) is 0 Å². The van der Waals surface area contributed by atoms with E-state index in [1.807, 2.05) is 6.07 Å². The number of aromatic nitrogens is 1. The minimum Gasteiger partial charge on any atom is -0.367 e. The lowest BCUT2D eigenvalue weighted by molar-refractivity contribution is 0.436. The Kier molecular flexibility index (Phi) is 2.68. The summed E-state index contributed by atoms with van der Waals surface area (Å²) in [6, 6.07) is 6.25. The number of hydrogen-bond donors (Lipinski definition) is 1. The lowest BCUT2D eigenvalue weighted by atomic mass is 10.0. The lowest BCUT2D eigenvalue weighted by Crippen LogP contribution is -1.87. The first-order chi connectivity index (χ1) is 7.22. The highest BCUT2D eigenvalue weighted by atomic mass is 32.2. The summed E-state index contributed by atoms with van der Waals surface area (Å²) in [5.74, 6) is 0.370. The fourth-order valence-corrected chi connectivity index (χ4v) is 2.01. The van der Waals surface area contributed by atoms with Crippen molar-refractivity contribution < 1.29 is 4.52 Å². The summed E-state index contributed by atoms with van der Waals surface area (Å²) in [6.07, 6.45) is 3.71. The van der Waals surface area contributed by atoms with Crippen LogP contribution in [-0.2, 0) is 0 Å². The van der Waals surface area contributed by atoms with Crippen LogP contribution in [0.1, 0.15) is 5.56 Å². The average molecular weight is 220 g/mol. The fourth-order valence-electron chi connectivity index (χ4n) is 1.52. The summed E-state index contributed by atoms with van der Waals surface area (Å²) in [5.41, 5.74) is 8.79. The molecule has 1 aromatic carbocycles. The van der Waals surface area contributed by atoms with Crippen LogP contribution in [0.2, 0.25) is 0 Å². The third-order valence-electron chi connectivity index (χ3n) is 2.32. The second kappa shape index (κ2) is 3.98. The zero-order valence-corrected chi connectivity index (χ0v) is 9.47. The first-order valence-corrected chi connectivity index (χ1v) is 5.80. The number of anilines is 1. The van der Waals surface area contributed by atoms with Gasteiger partial charge in [-0.2, -0.15) is 0 Å². The molecule has 0 saturated heterocycles. The van der Waals surface area contributed by atoms with Crippen molar-refractivity contribution in [2.24, 2.45) is 0 Å². The number of thioether (sulfide) groups is 1. The SMILES string of the molecule is CSc1ccc(-c2cnoc2N)c(C)c1. The standard InChI is InChI=1S/C11H12N2OS/c1-7-5-8(15-2)3-4-9(7)10-6-13-14-11(10)12/h3-6H,12H2,1-2H3. The second-order valence-corrected chi connectivity index (χ2v) is 4.16. The molecule has 2 N–H and O–H groups in total. The minimum atomic E-state index is 0.370. The van der Waals surface area contributed by atoms with Crippen LogP contribution in [0.4, 0.5) is 5.88 Å². The molecule has 78 valence electrons. The summed E-state index contributed by atoms with van der Waals surface area (Å²) in [4.78, 5) is 1.24. The Morgan fingerprint density at radius 3 is 2.67 bits per heavy atom. The van der Waals surface area contributed by atoms with Gasteiger partial charge in [0.05, 0.1) is 11.8 Å². The van der Waals surface area contributed by atoms with Crippen LogP contribution in [0, 0.1) is 6.92 Å². The average Bonchev–Trinajstić information content (AvgIpc) is 2.64. The van der Waals surface area contributed by atoms with Crippen molar-refractivity contribution in [3.63, 3.8) is 0 Å². The van der Waals surface area contributed by atoms with E-state index in [-0.39, 0.29) is 0 Å². The normalized spacial score (nSPS) is 10.5. The predicted octanol–water partition coefficient (Wildman–Crippen LogP) is 2.95. The minimum absolute atomic E-state index is 0.370. The Balaban J connectivity index is 2.50. The Morgan fingerprint density at radius 2 is 2.13 bits per heavy atom. The van der Waals surface area contributed by atoms with Crippen LogP contribution in [-0.4, -0.2) is 11.4 Å². The van der Waals surface area contributed by atoms with Gasteiger partial charge in [0.25, 0.3) is 0 Å². The van der Waals surface area contributed by atoms with Gasteiger partial charge in [0.15, 0.2) is 0 Å². The highest BCUT2D eigenvalue weighted by Gasteiger charge is 2.09. The van der Waals surface area contributed by atoms with Gasteiger partial charge in [0, 0.05) is 4.90 Å². The molecule has 0 radical (unpaired) electrons. The van der Waals surface area contributed by atoms with Crippen molar-refractivity contribution in [1.82, 2.24) is 5.16 Å². The van der Waals surface area contributed by atoms with Gasteiger partial charge in [0.1, 0.15) is 0 Å². The molecule has 0 amide bonds. The molecule has 0 fully saturated rings. The summed E-state index contributed by atoms with van der Waals surface area (Å²) in [5, 5.41) is 3.68. The van der Waals surface area contributed by atoms with Crippen molar-refractivity contribution in [3.8, 4) is 11.1 Å². The monoisotopic (exact) mass is 220 g/mol. The summed E-state index contributed by atoms with van der Waals surface area (Å²) >= 11 is 1.72. The molecular formula is C11H12N2OS. The highest BCUT2D eigenvalue weighted by molar-refractivity contribution is 7.98. The largest absolute Gasteiger partial charge is 0.367 e. The smallest absolute Gasteiger partial charge is 0.229 e. The van der Waals surface area contributed by atoms with Crippen LogP contribution in [0.25, 0.3) is 11.1 Å². The van der Waals surface area contributed by atoms with E-state index in [0.717, 1.165) is 11.1 Å². The molecule has 0 unspecified atom stereocenters. The molecule has 3 nitrogen and oxygen atoms in total. The van der Waals surface area contributed by atoms with E-state index in [2.05, 4.69) is 30.5 Å². The summed E-state index contributed by atoms with van der Waals surface area (Å²) < 4.78 is 4.85. The van der Waals surface area contributed by atoms with E-state index < -0.39 is 0 Å². The van der Waals surface area contributed by atoms with Crippen molar-refractivity contribution in [3.05, 3.63) is 30.0 Å². The first-order valence-electron chi connectivity index (χ1n) is 4.57. The molecule has 0 aliphatic rings. The van der Waals surface area contributed by atoms with Crippen LogP contribution in [0.15, 0.2) is 33.8 Å². The maximum absolute atomic E-state index is 5.68. The van der Waals surface area contributed by atoms with Crippen LogP contribution < -0.4 is 5.73 Å². The van der Waals surface area contributed by atoms with E-state index in [0.29, 0.717) is 5.88 Å². The Morgan fingerprint density at radius 1 is 1.33 bits per heavy atom. The fraction of sp³-hybridized carbons (Fsp3) is 0.182. The zero-order chi connectivity index (χ0) is 10.8.